The minimum absolute atomic E-state index is 0.403. The third-order valence-corrected chi connectivity index (χ3v) is 4.03. The molecule has 1 saturated heterocycles. The number of likely N-dealkylation sites (tertiary alicyclic amines) is 1. The molecular weight excluding hydrogens is 268 g/mol. The summed E-state index contributed by atoms with van der Waals surface area (Å²) in [7, 11) is 0. The molecule has 0 N–H and O–H groups in total. The number of thioether (sulfide) groups is 1. The van der Waals surface area contributed by atoms with E-state index in [4.69, 9.17) is 0 Å². The number of nitrogens with zero attached hydrogens (tertiary/aromatic N) is 4. The molecule has 2 rings (SSSR count). The van der Waals surface area contributed by atoms with E-state index in [1.807, 2.05) is 37.4 Å². The molecule has 20 heavy (non-hydrogen) atoms. The predicted octanol–water partition coefficient (Wildman–Crippen LogP) is 4.23. The van der Waals surface area contributed by atoms with E-state index >= 15 is 0 Å². The number of hydrogen-bond donors (Lipinski definition) is 0. The van der Waals surface area contributed by atoms with Crippen LogP contribution in [0.4, 0.5) is 5.69 Å². The smallest absolute Gasteiger partial charge is 0.192 e. The van der Waals surface area contributed by atoms with E-state index < -0.39 is 0 Å². The first-order valence-corrected chi connectivity index (χ1v) is 7.89. The van der Waals surface area contributed by atoms with Gasteiger partial charge in [0.2, 0.25) is 0 Å². The molecule has 0 saturated carbocycles. The molecule has 0 spiro atoms. The number of azo groups is 1. The predicted molar refractivity (Wildman–Crippen MR) is 82.7 cm³/mol. The van der Waals surface area contributed by atoms with Crippen LogP contribution < -0.4 is 0 Å². The highest BCUT2D eigenvalue weighted by molar-refractivity contribution is 8.02. The third-order valence-electron chi connectivity index (χ3n) is 3.19. The Hall–Kier alpha value is -1.80. The Kier molecular flexibility index (Phi) is 5.19. The molecule has 0 atom stereocenters. The van der Waals surface area contributed by atoms with Crippen molar-refractivity contribution in [3.05, 3.63) is 40.6 Å². The Labute approximate surface area is 124 Å². The lowest BCUT2D eigenvalue weighted by atomic mass is 10.2. The van der Waals surface area contributed by atoms with E-state index in [2.05, 4.69) is 21.2 Å². The standard InChI is InChI=1S/C15H18N4S/c1-12-5-7-13(8-6-12)17-18-14(11-16)15(20-2)19-9-3-4-10-19/h5-8H,3-4,9-10H2,1-2H3/b15-14+,18-17?. The lowest BCUT2D eigenvalue weighted by Crippen LogP contribution is -2.17. The molecule has 0 aliphatic carbocycles. The first-order valence-electron chi connectivity index (χ1n) is 6.66. The summed E-state index contributed by atoms with van der Waals surface area (Å²) in [6.07, 6.45) is 4.34. The summed E-state index contributed by atoms with van der Waals surface area (Å²) >= 11 is 1.57. The van der Waals surface area contributed by atoms with Gasteiger partial charge in [-0.1, -0.05) is 17.7 Å². The molecule has 5 heteroatoms. The summed E-state index contributed by atoms with van der Waals surface area (Å²) < 4.78 is 0. The molecule has 1 aliphatic rings. The van der Waals surface area contributed by atoms with Crippen molar-refractivity contribution in [2.75, 3.05) is 19.3 Å². The van der Waals surface area contributed by atoms with Gasteiger partial charge in [-0.25, -0.2) is 0 Å². The molecule has 1 aliphatic heterocycles. The fourth-order valence-corrected chi connectivity index (χ4v) is 2.85. The largest absolute Gasteiger partial charge is 0.364 e. The fourth-order valence-electron chi connectivity index (χ4n) is 2.13. The van der Waals surface area contributed by atoms with E-state index in [0.717, 1.165) is 23.8 Å². The van der Waals surface area contributed by atoms with Gasteiger partial charge in [-0.3, -0.25) is 0 Å². The Balaban J connectivity index is 2.22. The Bertz CT molecular complexity index is 548. The van der Waals surface area contributed by atoms with Crippen molar-refractivity contribution < 1.29 is 0 Å². The van der Waals surface area contributed by atoms with Crippen molar-refractivity contribution in [3.63, 3.8) is 0 Å². The van der Waals surface area contributed by atoms with Gasteiger partial charge >= 0.3 is 0 Å². The molecule has 1 aromatic rings. The average Bonchev–Trinajstić information content (AvgIpc) is 2.99. The van der Waals surface area contributed by atoms with Crippen molar-refractivity contribution in [1.82, 2.24) is 4.90 Å². The van der Waals surface area contributed by atoms with Gasteiger partial charge in [0.15, 0.2) is 5.70 Å². The van der Waals surface area contributed by atoms with Gasteiger partial charge in [-0.15, -0.1) is 22.0 Å². The number of allylic oxidation sites excluding steroid dienone is 1. The molecule has 1 heterocycles. The maximum atomic E-state index is 9.31. The van der Waals surface area contributed by atoms with Gasteiger partial charge in [0.25, 0.3) is 0 Å². The normalized spacial score (nSPS) is 16.4. The number of aryl methyl sites for hydroxylation is 1. The summed E-state index contributed by atoms with van der Waals surface area (Å²) in [4.78, 5) is 2.22. The minimum atomic E-state index is 0.403. The topological polar surface area (TPSA) is 51.8 Å². The van der Waals surface area contributed by atoms with Crippen LogP contribution in [0.2, 0.25) is 0 Å². The Morgan fingerprint density at radius 1 is 1.25 bits per heavy atom. The maximum Gasteiger partial charge on any atom is 0.192 e. The summed E-state index contributed by atoms with van der Waals surface area (Å²) in [6, 6.07) is 9.95. The van der Waals surface area contributed by atoms with Crippen LogP contribution in [0, 0.1) is 18.3 Å². The van der Waals surface area contributed by atoms with Gasteiger partial charge in [0, 0.05) is 13.1 Å². The molecule has 1 fully saturated rings. The van der Waals surface area contributed by atoms with Crippen LogP contribution in [-0.2, 0) is 0 Å². The van der Waals surface area contributed by atoms with Crippen LogP contribution in [-0.4, -0.2) is 24.2 Å². The van der Waals surface area contributed by atoms with Crippen molar-refractivity contribution >= 4 is 17.4 Å². The molecule has 0 unspecified atom stereocenters. The summed E-state index contributed by atoms with van der Waals surface area (Å²) in [5, 5.41) is 18.5. The highest BCUT2D eigenvalue weighted by Gasteiger charge is 2.18. The van der Waals surface area contributed by atoms with E-state index in [1.54, 1.807) is 11.8 Å². The van der Waals surface area contributed by atoms with E-state index in [1.165, 1.54) is 18.4 Å². The van der Waals surface area contributed by atoms with E-state index in [0.29, 0.717) is 5.70 Å². The van der Waals surface area contributed by atoms with Gasteiger partial charge < -0.3 is 4.90 Å². The Morgan fingerprint density at radius 2 is 1.90 bits per heavy atom. The second kappa shape index (κ2) is 7.11. The second-order valence-electron chi connectivity index (χ2n) is 4.70. The molecule has 104 valence electrons. The zero-order valence-corrected chi connectivity index (χ0v) is 12.7. The molecule has 0 radical (unpaired) electrons. The molecule has 0 amide bonds. The SMILES string of the molecule is CS/C(=C(\C#N)N=Nc1ccc(C)cc1)N1CCCC1. The van der Waals surface area contributed by atoms with Gasteiger partial charge in [0.1, 0.15) is 11.1 Å². The van der Waals surface area contributed by atoms with Crippen LogP contribution in [0.25, 0.3) is 0 Å². The maximum absolute atomic E-state index is 9.31. The molecule has 1 aromatic carbocycles. The number of rotatable bonds is 4. The summed E-state index contributed by atoms with van der Waals surface area (Å²) in [6.45, 7) is 4.03. The zero-order valence-electron chi connectivity index (χ0n) is 11.8. The van der Waals surface area contributed by atoms with Crippen LogP contribution in [0.3, 0.4) is 0 Å². The summed E-state index contributed by atoms with van der Waals surface area (Å²) in [5.74, 6) is 0. The molecule has 0 bridgehead atoms. The Morgan fingerprint density at radius 3 is 2.45 bits per heavy atom. The van der Waals surface area contributed by atoms with Crippen molar-refractivity contribution in [3.8, 4) is 6.07 Å². The lowest BCUT2D eigenvalue weighted by Gasteiger charge is -2.19. The summed E-state index contributed by atoms with van der Waals surface area (Å²) in [5.41, 5.74) is 2.35. The van der Waals surface area contributed by atoms with Crippen molar-refractivity contribution in [1.29, 1.82) is 5.26 Å². The zero-order chi connectivity index (χ0) is 14.4. The van der Waals surface area contributed by atoms with Crippen LogP contribution >= 0.6 is 11.8 Å². The third kappa shape index (κ3) is 3.61. The number of benzene rings is 1. The van der Waals surface area contributed by atoms with E-state index in [-0.39, 0.29) is 0 Å². The molecule has 4 nitrogen and oxygen atoms in total. The van der Waals surface area contributed by atoms with Crippen LogP contribution in [0.15, 0.2) is 45.2 Å². The van der Waals surface area contributed by atoms with Crippen LogP contribution in [0.5, 0.6) is 0 Å². The first-order chi connectivity index (χ1) is 9.74. The molecular formula is C15H18N4S. The number of hydrogen-bond acceptors (Lipinski definition) is 5. The van der Waals surface area contributed by atoms with Gasteiger partial charge in [-0.2, -0.15) is 5.26 Å². The highest BCUT2D eigenvalue weighted by Crippen LogP contribution is 2.27. The van der Waals surface area contributed by atoms with Gasteiger partial charge in [-0.05, 0) is 38.2 Å². The van der Waals surface area contributed by atoms with Gasteiger partial charge in [0.05, 0.1) is 5.69 Å². The van der Waals surface area contributed by atoms with E-state index in [9.17, 15) is 5.26 Å². The van der Waals surface area contributed by atoms with Crippen molar-refractivity contribution in [2.24, 2.45) is 10.2 Å². The lowest BCUT2D eigenvalue weighted by molar-refractivity contribution is 0.453. The number of nitriles is 1. The molecule has 0 aromatic heterocycles. The average molecular weight is 286 g/mol. The monoisotopic (exact) mass is 286 g/mol. The minimum Gasteiger partial charge on any atom is -0.364 e. The second-order valence-corrected chi connectivity index (χ2v) is 5.49. The first kappa shape index (κ1) is 14.6. The quantitative estimate of drug-likeness (QED) is 0.614. The fraction of sp³-hybridized carbons (Fsp3) is 0.400. The van der Waals surface area contributed by atoms with Crippen molar-refractivity contribution in [2.45, 2.75) is 19.8 Å². The van der Waals surface area contributed by atoms with Crippen LogP contribution in [0.1, 0.15) is 18.4 Å². The highest BCUT2D eigenvalue weighted by atomic mass is 32.2.